The highest BCUT2D eigenvalue weighted by Crippen LogP contribution is 2.20. The zero-order valence-corrected chi connectivity index (χ0v) is 13.4. The summed E-state index contributed by atoms with van der Waals surface area (Å²) in [4.78, 5) is 25.7. The molecule has 8 heteroatoms. The maximum atomic E-state index is 12.3. The van der Waals surface area contributed by atoms with Gasteiger partial charge in [-0.3, -0.25) is 9.59 Å². The lowest BCUT2D eigenvalue weighted by Gasteiger charge is -2.18. The first-order valence-electron chi connectivity index (χ1n) is 7.80. The maximum absolute atomic E-state index is 12.3. The first-order valence-corrected chi connectivity index (χ1v) is 7.80. The van der Waals surface area contributed by atoms with Gasteiger partial charge in [-0.15, -0.1) is 0 Å². The number of nitrogens with zero attached hydrogens (tertiary/aromatic N) is 2. The quantitative estimate of drug-likeness (QED) is 0.449. The predicted octanol–water partition coefficient (Wildman–Crippen LogP) is -0.255. The van der Waals surface area contributed by atoms with Gasteiger partial charge in [0.2, 0.25) is 5.91 Å². The Morgan fingerprint density at radius 1 is 1.32 bits per heavy atom. The molecule has 0 saturated carbocycles. The van der Waals surface area contributed by atoms with Gasteiger partial charge >= 0.3 is 6.10 Å². The van der Waals surface area contributed by atoms with E-state index >= 15 is 0 Å². The van der Waals surface area contributed by atoms with Gasteiger partial charge in [-0.05, 0) is 36.1 Å². The Kier molecular flexibility index (Phi) is 4.34. The van der Waals surface area contributed by atoms with Gasteiger partial charge in [0, 0.05) is 36.4 Å². The third kappa shape index (κ3) is 3.41. The van der Waals surface area contributed by atoms with E-state index in [4.69, 9.17) is 0 Å². The lowest BCUT2D eigenvalue weighted by atomic mass is 10.1. The number of nitrogens with one attached hydrogen (secondary N) is 1. The Bertz CT molecular complexity index is 884. The molecule has 132 valence electrons. The van der Waals surface area contributed by atoms with E-state index in [0.29, 0.717) is 28.7 Å². The third-order valence-corrected chi connectivity index (χ3v) is 4.27. The maximum Gasteiger partial charge on any atom is 0.376 e. The highest BCUT2D eigenvalue weighted by atomic mass is 16.7. The molecule has 2 aromatic rings. The van der Waals surface area contributed by atoms with Crippen molar-refractivity contribution >= 4 is 22.4 Å². The van der Waals surface area contributed by atoms with E-state index in [1.165, 1.54) is 12.1 Å². The fraction of sp³-hybridized carbons (Fsp3) is 0.294. The summed E-state index contributed by atoms with van der Waals surface area (Å²) >= 11 is 0. The minimum absolute atomic E-state index is 0.0416. The number of likely N-dealkylation sites (tertiary alicyclic amines) is 1. The SMILES string of the molecule is C=CC(=O)N1CCC(Nc2ccc3ccn(C(O)(O)O)c(=O)c3c2)C1. The molecule has 1 aliphatic heterocycles. The largest absolute Gasteiger partial charge is 0.380 e. The molecular weight excluding hydrogens is 326 g/mol. The second-order valence-electron chi connectivity index (χ2n) is 6.01. The molecule has 0 bridgehead atoms. The Morgan fingerprint density at radius 2 is 2.08 bits per heavy atom. The molecule has 1 aromatic heterocycles. The van der Waals surface area contributed by atoms with Gasteiger partial charge < -0.3 is 25.5 Å². The van der Waals surface area contributed by atoms with E-state index in [1.54, 1.807) is 23.1 Å². The first-order chi connectivity index (χ1) is 11.8. The van der Waals surface area contributed by atoms with Crippen LogP contribution in [0.4, 0.5) is 5.69 Å². The molecule has 25 heavy (non-hydrogen) atoms. The highest BCUT2D eigenvalue weighted by Gasteiger charge is 2.25. The molecule has 4 N–H and O–H groups in total. The van der Waals surface area contributed by atoms with E-state index < -0.39 is 11.7 Å². The summed E-state index contributed by atoms with van der Waals surface area (Å²) in [6.07, 6.45) is -0.103. The van der Waals surface area contributed by atoms with Crippen molar-refractivity contribution < 1.29 is 20.1 Å². The number of aromatic nitrogens is 1. The molecule has 1 amide bonds. The molecule has 1 unspecified atom stereocenters. The number of hydrogen-bond acceptors (Lipinski definition) is 6. The molecular formula is C17H19N3O5. The van der Waals surface area contributed by atoms with Crippen molar-refractivity contribution in [1.82, 2.24) is 9.47 Å². The van der Waals surface area contributed by atoms with Gasteiger partial charge in [0.25, 0.3) is 5.56 Å². The van der Waals surface area contributed by atoms with E-state index in [0.717, 1.165) is 12.6 Å². The number of aliphatic hydroxyl groups is 3. The van der Waals surface area contributed by atoms with Gasteiger partial charge in [0.05, 0.1) is 0 Å². The van der Waals surface area contributed by atoms with E-state index in [2.05, 4.69) is 11.9 Å². The summed E-state index contributed by atoms with van der Waals surface area (Å²) in [6.45, 7) is 4.64. The number of carbonyl (C=O) groups excluding carboxylic acids is 1. The van der Waals surface area contributed by atoms with Crippen LogP contribution in [0.15, 0.2) is 47.9 Å². The number of amides is 1. The van der Waals surface area contributed by atoms with Gasteiger partial charge in [0.15, 0.2) is 0 Å². The molecule has 1 aliphatic rings. The van der Waals surface area contributed by atoms with Crippen molar-refractivity contribution in [3.63, 3.8) is 0 Å². The molecule has 0 radical (unpaired) electrons. The summed E-state index contributed by atoms with van der Waals surface area (Å²) in [5.41, 5.74) is -0.0665. The molecule has 1 saturated heterocycles. The summed E-state index contributed by atoms with van der Waals surface area (Å²) in [5, 5.41) is 31.8. The average molecular weight is 345 g/mol. The minimum atomic E-state index is -3.26. The fourth-order valence-electron chi connectivity index (χ4n) is 3.01. The number of pyridine rings is 1. The van der Waals surface area contributed by atoms with Crippen molar-refractivity contribution in [2.45, 2.75) is 18.6 Å². The van der Waals surface area contributed by atoms with E-state index in [1.807, 2.05) is 0 Å². The van der Waals surface area contributed by atoms with Crippen LogP contribution in [-0.2, 0) is 10.9 Å². The standard InChI is InChI=1S/C17H19N3O5/c1-2-15(21)19-7-6-13(10-19)18-12-4-3-11-5-8-20(17(23,24)25)16(22)14(11)9-12/h2-5,8-9,13,18,23-25H,1,6-7,10H2. The Labute approximate surface area is 143 Å². The molecule has 2 heterocycles. The third-order valence-electron chi connectivity index (χ3n) is 4.27. The Hall–Kier alpha value is -2.68. The highest BCUT2D eigenvalue weighted by molar-refractivity contribution is 5.87. The zero-order chi connectivity index (χ0) is 18.2. The van der Waals surface area contributed by atoms with Crippen molar-refractivity contribution in [2.75, 3.05) is 18.4 Å². The lowest BCUT2D eigenvalue weighted by Crippen LogP contribution is -2.40. The molecule has 3 rings (SSSR count). The normalized spacial score (nSPS) is 17.7. The number of anilines is 1. The summed E-state index contributed by atoms with van der Waals surface area (Å²) in [5.74, 6) is -0.115. The van der Waals surface area contributed by atoms with Crippen molar-refractivity contribution in [2.24, 2.45) is 0 Å². The lowest BCUT2D eigenvalue weighted by molar-refractivity contribution is -0.376. The van der Waals surface area contributed by atoms with Crippen LogP contribution in [0.1, 0.15) is 6.42 Å². The monoisotopic (exact) mass is 345 g/mol. The second kappa shape index (κ2) is 6.32. The Balaban J connectivity index is 1.86. The van der Waals surface area contributed by atoms with Gasteiger partial charge in [-0.1, -0.05) is 12.6 Å². The van der Waals surface area contributed by atoms with Crippen molar-refractivity contribution in [1.29, 1.82) is 0 Å². The fourth-order valence-corrected chi connectivity index (χ4v) is 3.01. The molecule has 8 nitrogen and oxygen atoms in total. The van der Waals surface area contributed by atoms with Crippen LogP contribution < -0.4 is 10.9 Å². The van der Waals surface area contributed by atoms with Crippen molar-refractivity contribution in [3.05, 3.63) is 53.5 Å². The first kappa shape index (κ1) is 17.2. The number of benzene rings is 1. The van der Waals surface area contributed by atoms with Crippen molar-refractivity contribution in [3.8, 4) is 0 Å². The van der Waals surface area contributed by atoms with Crippen LogP contribution in [0, 0.1) is 0 Å². The zero-order valence-electron chi connectivity index (χ0n) is 13.4. The number of fused-ring (bicyclic) bond motifs is 1. The molecule has 0 aliphatic carbocycles. The van der Waals surface area contributed by atoms with Gasteiger partial charge in [-0.2, -0.15) is 0 Å². The van der Waals surface area contributed by atoms with Crippen LogP contribution in [0.25, 0.3) is 10.8 Å². The minimum Gasteiger partial charge on any atom is -0.380 e. The van der Waals surface area contributed by atoms with Crippen LogP contribution in [0.2, 0.25) is 0 Å². The van der Waals surface area contributed by atoms with Crippen LogP contribution in [0.3, 0.4) is 0 Å². The number of carbonyl (C=O) groups is 1. The summed E-state index contributed by atoms with van der Waals surface area (Å²) in [6, 6.07) is 6.64. The number of hydrogen-bond donors (Lipinski definition) is 4. The number of rotatable bonds is 4. The topological polar surface area (TPSA) is 115 Å². The predicted molar refractivity (Wildman–Crippen MR) is 91.6 cm³/mol. The van der Waals surface area contributed by atoms with E-state index in [-0.39, 0.29) is 17.3 Å². The second-order valence-corrected chi connectivity index (χ2v) is 6.01. The van der Waals surface area contributed by atoms with E-state index in [9.17, 15) is 24.9 Å². The average Bonchev–Trinajstić information content (AvgIpc) is 3.02. The molecule has 1 fully saturated rings. The molecule has 1 atom stereocenters. The Morgan fingerprint density at radius 3 is 2.76 bits per heavy atom. The molecule has 1 aromatic carbocycles. The van der Waals surface area contributed by atoms with Gasteiger partial charge in [-0.25, -0.2) is 4.57 Å². The molecule has 0 spiro atoms. The summed E-state index contributed by atoms with van der Waals surface area (Å²) in [7, 11) is 0. The smallest absolute Gasteiger partial charge is 0.376 e. The van der Waals surface area contributed by atoms with Crippen LogP contribution in [-0.4, -0.2) is 49.8 Å². The van der Waals surface area contributed by atoms with Crippen LogP contribution >= 0.6 is 0 Å². The summed E-state index contributed by atoms with van der Waals surface area (Å²) < 4.78 is 0.430. The van der Waals surface area contributed by atoms with Gasteiger partial charge in [0.1, 0.15) is 0 Å². The van der Waals surface area contributed by atoms with Crippen LogP contribution in [0.5, 0.6) is 0 Å².